The summed E-state index contributed by atoms with van der Waals surface area (Å²) >= 11 is 0. The van der Waals surface area contributed by atoms with Crippen LogP contribution in [0.1, 0.15) is 22.4 Å². The van der Waals surface area contributed by atoms with Crippen molar-refractivity contribution in [2.75, 3.05) is 6.54 Å². The first-order valence-electron chi connectivity index (χ1n) is 8.91. The first-order valence-corrected chi connectivity index (χ1v) is 8.91. The first kappa shape index (κ1) is 18.2. The molecule has 2 aromatic carbocycles. The summed E-state index contributed by atoms with van der Waals surface area (Å²) in [7, 11) is 0. The fourth-order valence-electron chi connectivity index (χ4n) is 3.20. The highest BCUT2D eigenvalue weighted by Gasteiger charge is 2.09. The van der Waals surface area contributed by atoms with Gasteiger partial charge in [-0.2, -0.15) is 0 Å². The molecule has 2 nitrogen and oxygen atoms in total. The predicted molar refractivity (Wildman–Crippen MR) is 105 cm³/mol. The highest BCUT2D eigenvalue weighted by atomic mass is 19.1. The Labute approximate surface area is 155 Å². The van der Waals surface area contributed by atoms with Crippen molar-refractivity contribution in [3.05, 3.63) is 108 Å². The Bertz CT molecular complexity index is 849. The second-order valence-electron chi connectivity index (χ2n) is 6.70. The third-order valence-electron chi connectivity index (χ3n) is 4.45. The van der Waals surface area contributed by atoms with E-state index in [1.54, 1.807) is 0 Å². The van der Waals surface area contributed by atoms with Gasteiger partial charge in [0.2, 0.25) is 0 Å². The van der Waals surface area contributed by atoms with Gasteiger partial charge in [0.1, 0.15) is 5.82 Å². The molecule has 0 radical (unpaired) electrons. The van der Waals surface area contributed by atoms with E-state index >= 15 is 0 Å². The summed E-state index contributed by atoms with van der Waals surface area (Å²) in [6.45, 7) is 9.32. The molecule has 0 unspecified atom stereocenters. The predicted octanol–water partition coefficient (Wildman–Crippen LogP) is 5.17. The summed E-state index contributed by atoms with van der Waals surface area (Å²) in [5.74, 6) is -0.197. The molecular formula is C23H25FN2. The van der Waals surface area contributed by atoms with Crippen LogP contribution in [-0.4, -0.2) is 16.0 Å². The molecule has 0 atom stereocenters. The number of aromatic nitrogens is 1. The van der Waals surface area contributed by atoms with Gasteiger partial charge in [-0.1, -0.05) is 48.0 Å². The highest BCUT2D eigenvalue weighted by molar-refractivity contribution is 5.23. The topological polar surface area (TPSA) is 8.17 Å². The smallest absolute Gasteiger partial charge is 0.123 e. The minimum Gasteiger partial charge on any atom is -0.346 e. The number of benzene rings is 2. The third kappa shape index (κ3) is 4.93. The van der Waals surface area contributed by atoms with Crippen LogP contribution < -0.4 is 0 Å². The molecule has 1 heterocycles. The van der Waals surface area contributed by atoms with Crippen LogP contribution in [0, 0.1) is 12.7 Å². The molecule has 1 aromatic heterocycles. The van der Waals surface area contributed by atoms with Crippen LogP contribution in [0.2, 0.25) is 0 Å². The fraction of sp³-hybridized carbons (Fsp3) is 0.217. The van der Waals surface area contributed by atoms with E-state index in [0.717, 1.165) is 31.7 Å². The van der Waals surface area contributed by atoms with Gasteiger partial charge in [-0.05, 0) is 42.3 Å². The van der Waals surface area contributed by atoms with E-state index in [-0.39, 0.29) is 5.82 Å². The summed E-state index contributed by atoms with van der Waals surface area (Å²) in [6.07, 6.45) is 4.03. The van der Waals surface area contributed by atoms with Crippen LogP contribution in [0.15, 0.2) is 79.5 Å². The maximum Gasteiger partial charge on any atom is 0.123 e. The second kappa shape index (κ2) is 8.63. The molecule has 0 fully saturated rings. The van der Waals surface area contributed by atoms with Crippen LogP contribution in [0.4, 0.5) is 4.39 Å². The van der Waals surface area contributed by atoms with Crippen molar-refractivity contribution in [3.63, 3.8) is 0 Å². The van der Waals surface area contributed by atoms with Crippen molar-refractivity contribution < 1.29 is 4.39 Å². The Morgan fingerprint density at radius 2 is 1.81 bits per heavy atom. The average Bonchev–Trinajstić information content (AvgIpc) is 3.04. The zero-order valence-electron chi connectivity index (χ0n) is 15.2. The van der Waals surface area contributed by atoms with Crippen molar-refractivity contribution >= 4 is 0 Å². The lowest BCUT2D eigenvalue weighted by Gasteiger charge is -2.22. The third-order valence-corrected chi connectivity index (χ3v) is 4.45. The van der Waals surface area contributed by atoms with Crippen molar-refractivity contribution in [1.29, 1.82) is 0 Å². The molecule has 0 saturated carbocycles. The van der Waals surface area contributed by atoms with Crippen LogP contribution in [0.25, 0.3) is 0 Å². The maximum atomic E-state index is 13.1. The maximum absolute atomic E-state index is 13.1. The van der Waals surface area contributed by atoms with Gasteiger partial charge in [0.05, 0.1) is 0 Å². The number of rotatable bonds is 8. The van der Waals surface area contributed by atoms with E-state index in [4.69, 9.17) is 0 Å². The lowest BCUT2D eigenvalue weighted by atomic mass is 10.1. The number of hydrogen-bond acceptors (Lipinski definition) is 1. The van der Waals surface area contributed by atoms with Crippen molar-refractivity contribution in [3.8, 4) is 0 Å². The quantitative estimate of drug-likeness (QED) is 0.510. The number of halogens is 1. The molecule has 0 bridgehead atoms. The normalized spacial score (nSPS) is 11.0. The molecule has 0 saturated heterocycles. The lowest BCUT2D eigenvalue weighted by Crippen LogP contribution is -2.24. The Hall–Kier alpha value is -2.65. The van der Waals surface area contributed by atoms with E-state index in [1.807, 2.05) is 18.2 Å². The molecule has 0 aliphatic carbocycles. The molecule has 3 rings (SSSR count). The monoisotopic (exact) mass is 348 g/mol. The minimum atomic E-state index is -0.197. The zero-order valence-corrected chi connectivity index (χ0v) is 15.2. The average molecular weight is 348 g/mol. The molecule has 0 aliphatic heterocycles. The Balaban J connectivity index is 1.72. The molecule has 0 N–H and O–H groups in total. The van der Waals surface area contributed by atoms with E-state index in [2.05, 4.69) is 65.6 Å². The zero-order chi connectivity index (χ0) is 18.4. The molecule has 0 aliphatic rings. The summed E-state index contributed by atoms with van der Waals surface area (Å²) < 4.78 is 15.3. The van der Waals surface area contributed by atoms with Gasteiger partial charge in [0, 0.05) is 38.1 Å². The van der Waals surface area contributed by atoms with Gasteiger partial charge < -0.3 is 4.57 Å². The van der Waals surface area contributed by atoms with Gasteiger partial charge in [-0.15, -0.1) is 6.58 Å². The summed E-state index contributed by atoms with van der Waals surface area (Å²) in [5, 5.41) is 0. The minimum absolute atomic E-state index is 0.197. The Kier molecular flexibility index (Phi) is 6.03. The standard InChI is InChI=1S/C23H25FN2/c1-3-13-25(16-21-7-4-6-19(2)15-21)18-23-8-5-14-26(23)17-20-9-11-22(24)12-10-20/h3-12,14-15H,1,13,16-18H2,2H3. The molecule has 0 amide bonds. The molecule has 3 aromatic rings. The summed E-state index contributed by atoms with van der Waals surface area (Å²) in [6, 6.07) is 19.5. The molecule has 134 valence electrons. The summed E-state index contributed by atoms with van der Waals surface area (Å²) in [4.78, 5) is 2.37. The summed E-state index contributed by atoms with van der Waals surface area (Å²) in [5.41, 5.74) is 4.92. The van der Waals surface area contributed by atoms with Crippen LogP contribution in [0.5, 0.6) is 0 Å². The molecule has 3 heteroatoms. The van der Waals surface area contributed by atoms with Crippen LogP contribution >= 0.6 is 0 Å². The SMILES string of the molecule is C=CCN(Cc1cccc(C)c1)Cc1cccn1Cc1ccc(F)cc1. The Morgan fingerprint density at radius 3 is 2.54 bits per heavy atom. The van der Waals surface area contributed by atoms with E-state index < -0.39 is 0 Å². The molecule has 0 spiro atoms. The largest absolute Gasteiger partial charge is 0.346 e. The van der Waals surface area contributed by atoms with E-state index in [9.17, 15) is 4.39 Å². The van der Waals surface area contributed by atoms with E-state index in [0.29, 0.717) is 0 Å². The highest BCUT2D eigenvalue weighted by Crippen LogP contribution is 2.14. The van der Waals surface area contributed by atoms with Crippen molar-refractivity contribution in [1.82, 2.24) is 9.47 Å². The first-order chi connectivity index (χ1) is 12.6. The van der Waals surface area contributed by atoms with Gasteiger partial charge in [-0.25, -0.2) is 4.39 Å². The van der Waals surface area contributed by atoms with Gasteiger partial charge in [0.15, 0.2) is 0 Å². The lowest BCUT2D eigenvalue weighted by molar-refractivity contribution is 0.279. The van der Waals surface area contributed by atoms with Crippen LogP contribution in [-0.2, 0) is 19.6 Å². The van der Waals surface area contributed by atoms with Gasteiger partial charge >= 0.3 is 0 Å². The second-order valence-corrected chi connectivity index (χ2v) is 6.70. The van der Waals surface area contributed by atoms with Crippen molar-refractivity contribution in [2.45, 2.75) is 26.6 Å². The van der Waals surface area contributed by atoms with Crippen molar-refractivity contribution in [2.24, 2.45) is 0 Å². The molecule has 26 heavy (non-hydrogen) atoms. The Morgan fingerprint density at radius 1 is 1.00 bits per heavy atom. The van der Waals surface area contributed by atoms with Gasteiger partial charge in [0.25, 0.3) is 0 Å². The molecular weight excluding hydrogens is 323 g/mol. The number of hydrogen-bond donors (Lipinski definition) is 0. The number of nitrogens with zero attached hydrogens (tertiary/aromatic N) is 2. The fourth-order valence-corrected chi connectivity index (χ4v) is 3.20. The van der Waals surface area contributed by atoms with Crippen LogP contribution in [0.3, 0.4) is 0 Å². The number of aryl methyl sites for hydroxylation is 1. The van der Waals surface area contributed by atoms with E-state index in [1.165, 1.54) is 29.0 Å². The van der Waals surface area contributed by atoms with Gasteiger partial charge in [-0.3, -0.25) is 4.90 Å².